The van der Waals surface area contributed by atoms with Crippen molar-refractivity contribution in [1.82, 2.24) is 20.2 Å². The van der Waals surface area contributed by atoms with Gasteiger partial charge in [0.25, 0.3) is 0 Å². The van der Waals surface area contributed by atoms with Crippen molar-refractivity contribution in [1.29, 1.82) is 0 Å². The zero-order valence-electron chi connectivity index (χ0n) is 8.00. The van der Waals surface area contributed by atoms with E-state index in [9.17, 15) is 0 Å². The number of aromatic amines is 1. The molecule has 0 aliphatic rings. The Morgan fingerprint density at radius 3 is 2.77 bits per heavy atom. The molecule has 0 radical (unpaired) electrons. The molecule has 0 spiro atoms. The lowest BCUT2D eigenvalue weighted by Crippen LogP contribution is -1.92. The van der Waals surface area contributed by atoms with Crippen molar-refractivity contribution >= 4 is 16.9 Å². The fraction of sp³-hybridized carbons (Fsp3) is 0.375. The van der Waals surface area contributed by atoms with Crippen molar-refractivity contribution in [2.45, 2.75) is 13.8 Å². The lowest BCUT2D eigenvalue weighted by atomic mass is 10.4. The molecule has 2 aromatic heterocycles. The van der Waals surface area contributed by atoms with E-state index in [1.807, 2.05) is 20.9 Å². The van der Waals surface area contributed by atoms with Gasteiger partial charge in [-0.15, -0.1) is 0 Å². The predicted molar refractivity (Wildman–Crippen MR) is 52.6 cm³/mol. The van der Waals surface area contributed by atoms with Crippen LogP contribution < -0.4 is 5.32 Å². The molecule has 0 unspecified atom stereocenters. The molecule has 13 heavy (non-hydrogen) atoms. The van der Waals surface area contributed by atoms with Gasteiger partial charge in [0.2, 0.25) is 0 Å². The van der Waals surface area contributed by atoms with Crippen LogP contribution in [-0.2, 0) is 0 Å². The van der Waals surface area contributed by atoms with Gasteiger partial charge in [0.15, 0.2) is 5.65 Å². The van der Waals surface area contributed by atoms with Crippen LogP contribution in [0.4, 0.5) is 5.82 Å². The van der Waals surface area contributed by atoms with Crippen molar-refractivity contribution in [3.8, 4) is 0 Å². The third kappa shape index (κ3) is 1.74. The highest BCUT2D eigenvalue weighted by Gasteiger charge is 2.01. The van der Waals surface area contributed by atoms with Gasteiger partial charge in [0.1, 0.15) is 12.1 Å². The number of nitrogens with one attached hydrogen (secondary N) is 2. The van der Waals surface area contributed by atoms with Crippen LogP contribution in [0.1, 0.15) is 13.8 Å². The topological polar surface area (TPSA) is 66.5 Å². The van der Waals surface area contributed by atoms with E-state index in [1.165, 1.54) is 6.33 Å². The summed E-state index contributed by atoms with van der Waals surface area (Å²) in [5.41, 5.74) is 0.754. The molecule has 0 bridgehead atoms. The maximum atomic E-state index is 4.02. The van der Waals surface area contributed by atoms with E-state index in [2.05, 4.69) is 25.5 Å². The van der Waals surface area contributed by atoms with E-state index < -0.39 is 0 Å². The second-order valence-corrected chi connectivity index (χ2v) is 2.10. The van der Waals surface area contributed by atoms with Crippen molar-refractivity contribution in [2.24, 2.45) is 0 Å². The van der Waals surface area contributed by atoms with Gasteiger partial charge >= 0.3 is 0 Å². The van der Waals surface area contributed by atoms with E-state index in [0.29, 0.717) is 0 Å². The average Bonchev–Trinajstić information content (AvgIpc) is 2.68. The minimum absolute atomic E-state index is 0.754. The fourth-order valence-electron chi connectivity index (χ4n) is 0.964. The second-order valence-electron chi connectivity index (χ2n) is 2.10. The summed E-state index contributed by atoms with van der Waals surface area (Å²) in [5.74, 6) is 0.795. The fourth-order valence-corrected chi connectivity index (χ4v) is 0.964. The number of anilines is 1. The molecule has 2 rings (SSSR count). The predicted octanol–water partition coefficient (Wildman–Crippen LogP) is 1.42. The van der Waals surface area contributed by atoms with E-state index in [1.54, 1.807) is 6.20 Å². The lowest BCUT2D eigenvalue weighted by Gasteiger charge is -1.96. The molecule has 2 aromatic rings. The quantitative estimate of drug-likeness (QED) is 0.694. The van der Waals surface area contributed by atoms with E-state index in [-0.39, 0.29) is 0 Å². The summed E-state index contributed by atoms with van der Waals surface area (Å²) < 4.78 is 0. The maximum absolute atomic E-state index is 4.02. The molecule has 2 N–H and O–H groups in total. The molecule has 0 aliphatic heterocycles. The number of aromatic nitrogens is 4. The van der Waals surface area contributed by atoms with Gasteiger partial charge in [-0.3, -0.25) is 5.10 Å². The summed E-state index contributed by atoms with van der Waals surface area (Å²) in [6.45, 7) is 4.00. The van der Waals surface area contributed by atoms with Crippen LogP contribution in [-0.4, -0.2) is 27.2 Å². The smallest absolute Gasteiger partial charge is 0.160 e. The van der Waals surface area contributed by atoms with E-state index in [4.69, 9.17) is 0 Å². The number of rotatable bonds is 1. The van der Waals surface area contributed by atoms with Gasteiger partial charge in [-0.25, -0.2) is 9.97 Å². The SMILES string of the molecule is CC.CNc1ncnc2[nH]ncc12. The molecule has 0 saturated heterocycles. The lowest BCUT2D eigenvalue weighted by molar-refractivity contribution is 1.09. The van der Waals surface area contributed by atoms with E-state index >= 15 is 0 Å². The standard InChI is InChI=1S/C6H7N5.C2H6/c1-7-5-4-2-10-11-6(4)9-3-8-5;1-2/h2-3H,1H3,(H2,7,8,9,10,11);1-2H3. The van der Waals surface area contributed by atoms with Crippen molar-refractivity contribution in [3.05, 3.63) is 12.5 Å². The zero-order valence-corrected chi connectivity index (χ0v) is 8.00. The van der Waals surface area contributed by atoms with Crippen LogP contribution in [0.15, 0.2) is 12.5 Å². The first-order valence-corrected chi connectivity index (χ1v) is 4.23. The van der Waals surface area contributed by atoms with Crippen LogP contribution in [0, 0.1) is 0 Å². The largest absolute Gasteiger partial charge is 0.372 e. The average molecular weight is 179 g/mol. The van der Waals surface area contributed by atoms with Gasteiger partial charge < -0.3 is 5.32 Å². The Morgan fingerprint density at radius 1 is 1.31 bits per heavy atom. The molecule has 0 aromatic carbocycles. The van der Waals surface area contributed by atoms with Crippen molar-refractivity contribution in [3.63, 3.8) is 0 Å². The minimum atomic E-state index is 0.754. The highest BCUT2D eigenvalue weighted by Crippen LogP contribution is 2.14. The van der Waals surface area contributed by atoms with Gasteiger partial charge in [-0.1, -0.05) is 13.8 Å². The molecule has 0 saturated carbocycles. The molecule has 2 heterocycles. The van der Waals surface area contributed by atoms with Crippen LogP contribution in [0.3, 0.4) is 0 Å². The third-order valence-electron chi connectivity index (χ3n) is 1.48. The highest BCUT2D eigenvalue weighted by atomic mass is 15.2. The molecule has 5 heteroatoms. The van der Waals surface area contributed by atoms with Gasteiger partial charge in [-0.2, -0.15) is 5.10 Å². The summed E-state index contributed by atoms with van der Waals surface area (Å²) in [5, 5.41) is 10.5. The van der Waals surface area contributed by atoms with Crippen molar-refractivity contribution in [2.75, 3.05) is 12.4 Å². The first-order chi connectivity index (χ1) is 6.42. The van der Waals surface area contributed by atoms with Gasteiger partial charge in [0, 0.05) is 7.05 Å². The van der Waals surface area contributed by atoms with Crippen LogP contribution in [0.2, 0.25) is 0 Å². The molecule has 0 amide bonds. The normalized spacial score (nSPS) is 9.15. The summed E-state index contributed by atoms with van der Waals surface area (Å²) >= 11 is 0. The summed E-state index contributed by atoms with van der Waals surface area (Å²) in [6.07, 6.45) is 3.19. The summed E-state index contributed by atoms with van der Waals surface area (Å²) in [7, 11) is 1.81. The molecule has 70 valence electrons. The number of hydrogen-bond donors (Lipinski definition) is 2. The molecule has 5 nitrogen and oxygen atoms in total. The van der Waals surface area contributed by atoms with Crippen LogP contribution in [0.25, 0.3) is 11.0 Å². The Labute approximate surface area is 76.6 Å². The van der Waals surface area contributed by atoms with Gasteiger partial charge in [-0.05, 0) is 0 Å². The summed E-state index contributed by atoms with van der Waals surface area (Å²) in [4.78, 5) is 8.00. The number of nitrogens with zero attached hydrogens (tertiary/aromatic N) is 3. The minimum Gasteiger partial charge on any atom is -0.372 e. The zero-order chi connectivity index (χ0) is 9.68. The number of H-pyrrole nitrogens is 1. The van der Waals surface area contributed by atoms with Gasteiger partial charge in [0.05, 0.1) is 11.6 Å². The summed E-state index contributed by atoms with van der Waals surface area (Å²) in [6, 6.07) is 0. The third-order valence-corrected chi connectivity index (χ3v) is 1.48. The number of fused-ring (bicyclic) bond motifs is 1. The van der Waals surface area contributed by atoms with Crippen LogP contribution >= 0.6 is 0 Å². The first kappa shape index (κ1) is 9.44. The Bertz CT molecular complexity index is 367. The Hall–Kier alpha value is -1.65. The molecular formula is C8H13N5. The van der Waals surface area contributed by atoms with Crippen LogP contribution in [0.5, 0.6) is 0 Å². The Morgan fingerprint density at radius 2 is 2.08 bits per heavy atom. The molecule has 0 aliphatic carbocycles. The van der Waals surface area contributed by atoms with E-state index in [0.717, 1.165) is 16.9 Å². The second kappa shape index (κ2) is 4.39. The molecule has 0 fully saturated rings. The highest BCUT2D eigenvalue weighted by molar-refractivity contribution is 5.85. The molecular weight excluding hydrogens is 166 g/mol. The van der Waals surface area contributed by atoms with Crippen molar-refractivity contribution < 1.29 is 0 Å². The number of hydrogen-bond acceptors (Lipinski definition) is 4. The Balaban J connectivity index is 0.000000396. The first-order valence-electron chi connectivity index (χ1n) is 4.23. The monoisotopic (exact) mass is 179 g/mol. The maximum Gasteiger partial charge on any atom is 0.160 e. The molecule has 0 atom stereocenters. The Kier molecular flexibility index (Phi) is 3.19.